The van der Waals surface area contributed by atoms with Crippen LogP contribution in [0, 0.1) is 0 Å². The normalized spacial score (nSPS) is 14.5. The van der Waals surface area contributed by atoms with Crippen molar-refractivity contribution in [2.75, 3.05) is 24.7 Å². The Hall–Kier alpha value is -0.490. The van der Waals surface area contributed by atoms with Crippen LogP contribution >= 0.6 is 11.8 Å². The van der Waals surface area contributed by atoms with Crippen LogP contribution in [0.3, 0.4) is 0 Å². The molecule has 0 saturated heterocycles. The molecule has 0 aliphatic rings. The fraction of sp³-hybridized carbons (Fsp3) is 0.714. The summed E-state index contributed by atoms with van der Waals surface area (Å²) in [5.41, 5.74) is 0. The van der Waals surface area contributed by atoms with E-state index in [9.17, 15) is 5.11 Å². The van der Waals surface area contributed by atoms with E-state index in [1.807, 2.05) is 23.9 Å². The molecule has 4 nitrogen and oxygen atoms in total. The van der Waals surface area contributed by atoms with Gasteiger partial charge in [0.1, 0.15) is 12.4 Å². The van der Waals surface area contributed by atoms with E-state index in [1.165, 1.54) is 0 Å². The van der Waals surface area contributed by atoms with Gasteiger partial charge in [0.2, 0.25) is 0 Å². The van der Waals surface area contributed by atoms with Gasteiger partial charge in [-0.25, -0.2) is 0 Å². The van der Waals surface area contributed by atoms with E-state index in [0.29, 0.717) is 25.8 Å². The van der Waals surface area contributed by atoms with Gasteiger partial charge in [0.25, 0.3) is 0 Å². The molecule has 0 radical (unpaired) electrons. The van der Waals surface area contributed by atoms with Gasteiger partial charge in [0.15, 0.2) is 0 Å². The van der Waals surface area contributed by atoms with Crippen molar-refractivity contribution in [3.63, 3.8) is 0 Å². The molecule has 1 aromatic heterocycles. The molecule has 1 rings (SSSR count). The highest BCUT2D eigenvalue weighted by atomic mass is 32.2. The number of thioether (sulfide) groups is 1. The highest BCUT2D eigenvalue weighted by Gasteiger charge is 2.07. The predicted octanol–water partition coefficient (Wildman–Crippen LogP) is 2.28. The first-order valence-corrected chi connectivity index (χ1v) is 7.97. The number of aliphatic hydroxyl groups is 1. The maximum atomic E-state index is 9.77. The lowest BCUT2D eigenvalue weighted by atomic mass is 10.2. The monoisotopic (exact) mass is 287 g/mol. The molecule has 2 unspecified atom stereocenters. The van der Waals surface area contributed by atoms with E-state index in [0.717, 1.165) is 23.7 Å². The van der Waals surface area contributed by atoms with Gasteiger partial charge in [0, 0.05) is 12.6 Å². The van der Waals surface area contributed by atoms with Crippen molar-refractivity contribution in [1.82, 2.24) is 5.32 Å². The molecule has 1 aromatic rings. The molecule has 2 atom stereocenters. The first-order chi connectivity index (χ1) is 9.22. The van der Waals surface area contributed by atoms with E-state index in [4.69, 9.17) is 9.15 Å². The Morgan fingerprint density at radius 2 is 2.37 bits per heavy atom. The maximum absolute atomic E-state index is 9.77. The molecule has 1 heterocycles. The molecule has 110 valence electrons. The van der Waals surface area contributed by atoms with Crippen LogP contribution < -0.4 is 5.32 Å². The maximum Gasteiger partial charge on any atom is 0.129 e. The number of furan rings is 1. The third-order valence-corrected chi connectivity index (χ3v) is 3.67. The summed E-state index contributed by atoms with van der Waals surface area (Å²) >= 11 is 1.95. The summed E-state index contributed by atoms with van der Waals surface area (Å²) in [6, 6.07) is 4.11. The van der Waals surface area contributed by atoms with E-state index in [1.54, 1.807) is 6.26 Å². The van der Waals surface area contributed by atoms with Crippen LogP contribution in [-0.2, 0) is 11.3 Å². The Balaban J connectivity index is 1.99. The smallest absolute Gasteiger partial charge is 0.129 e. The van der Waals surface area contributed by atoms with Gasteiger partial charge < -0.3 is 19.6 Å². The molecule has 0 saturated carbocycles. The molecule has 0 aliphatic carbocycles. The number of nitrogens with one attached hydrogen (secondary N) is 1. The zero-order valence-electron chi connectivity index (χ0n) is 11.8. The second kappa shape index (κ2) is 10.3. The van der Waals surface area contributed by atoms with E-state index < -0.39 is 6.10 Å². The highest BCUT2D eigenvalue weighted by Crippen LogP contribution is 2.04. The van der Waals surface area contributed by atoms with E-state index in [2.05, 4.69) is 19.2 Å². The quantitative estimate of drug-likeness (QED) is 0.612. The van der Waals surface area contributed by atoms with Gasteiger partial charge in [-0.2, -0.15) is 11.8 Å². The van der Waals surface area contributed by atoms with Crippen molar-refractivity contribution in [3.05, 3.63) is 24.2 Å². The second-order valence-electron chi connectivity index (χ2n) is 4.54. The standard InChI is InChI=1S/C14H25NO3S/c1-3-19-8-6-12(2)15-9-13(16)10-17-11-14-5-4-7-18-14/h4-5,7,12-13,15-16H,3,6,8-11H2,1-2H3. The molecule has 2 N–H and O–H groups in total. The molecule has 0 aromatic carbocycles. The fourth-order valence-corrected chi connectivity index (χ4v) is 2.40. The van der Waals surface area contributed by atoms with Crippen LogP contribution in [0.15, 0.2) is 22.8 Å². The average Bonchev–Trinajstić information content (AvgIpc) is 2.90. The van der Waals surface area contributed by atoms with E-state index >= 15 is 0 Å². The average molecular weight is 287 g/mol. The zero-order valence-corrected chi connectivity index (χ0v) is 12.6. The second-order valence-corrected chi connectivity index (χ2v) is 5.94. The van der Waals surface area contributed by atoms with Gasteiger partial charge in [0.05, 0.1) is 19.0 Å². The summed E-state index contributed by atoms with van der Waals surface area (Å²) in [5, 5.41) is 13.1. The van der Waals surface area contributed by atoms with E-state index in [-0.39, 0.29) is 0 Å². The van der Waals surface area contributed by atoms with Crippen LogP contribution in [0.5, 0.6) is 0 Å². The van der Waals surface area contributed by atoms with Gasteiger partial charge in [-0.05, 0) is 37.0 Å². The molecular formula is C14H25NO3S. The van der Waals surface area contributed by atoms with Crippen LogP contribution in [0.1, 0.15) is 26.0 Å². The third-order valence-electron chi connectivity index (χ3n) is 2.74. The number of ether oxygens (including phenoxy) is 1. The molecular weight excluding hydrogens is 262 g/mol. The Morgan fingerprint density at radius 3 is 3.05 bits per heavy atom. The first kappa shape index (κ1) is 16.6. The molecule has 0 amide bonds. The molecule has 0 fully saturated rings. The molecule has 0 bridgehead atoms. The SMILES string of the molecule is CCSCCC(C)NCC(O)COCc1ccco1. The summed E-state index contributed by atoms with van der Waals surface area (Å²) in [6.07, 6.45) is 2.27. The lowest BCUT2D eigenvalue weighted by Crippen LogP contribution is -2.36. The summed E-state index contributed by atoms with van der Waals surface area (Å²) in [5.74, 6) is 3.11. The number of hydrogen-bond acceptors (Lipinski definition) is 5. The largest absolute Gasteiger partial charge is 0.467 e. The number of rotatable bonds is 11. The van der Waals surface area contributed by atoms with Gasteiger partial charge in [-0.3, -0.25) is 0 Å². The summed E-state index contributed by atoms with van der Waals surface area (Å²) < 4.78 is 10.5. The van der Waals surface area contributed by atoms with Crippen molar-refractivity contribution >= 4 is 11.8 Å². The summed E-state index contributed by atoms with van der Waals surface area (Å²) in [6.45, 7) is 5.61. The van der Waals surface area contributed by atoms with Crippen LogP contribution in [0.4, 0.5) is 0 Å². The Kier molecular flexibility index (Phi) is 8.99. The van der Waals surface area contributed by atoms with Gasteiger partial charge in [-0.15, -0.1) is 0 Å². The highest BCUT2D eigenvalue weighted by molar-refractivity contribution is 7.99. The first-order valence-electron chi connectivity index (χ1n) is 6.81. The summed E-state index contributed by atoms with van der Waals surface area (Å²) in [4.78, 5) is 0. The lowest BCUT2D eigenvalue weighted by molar-refractivity contribution is 0.0217. The molecule has 5 heteroatoms. The van der Waals surface area contributed by atoms with Crippen LogP contribution in [0.25, 0.3) is 0 Å². The lowest BCUT2D eigenvalue weighted by Gasteiger charge is -2.16. The minimum absolute atomic E-state index is 0.324. The van der Waals surface area contributed by atoms with Gasteiger partial charge in [-0.1, -0.05) is 6.92 Å². The fourth-order valence-electron chi connectivity index (χ4n) is 1.59. The Labute approximate surface area is 119 Å². The van der Waals surface area contributed by atoms with Crippen LogP contribution in [-0.4, -0.2) is 41.9 Å². The topological polar surface area (TPSA) is 54.6 Å². The molecule has 0 aliphatic heterocycles. The minimum Gasteiger partial charge on any atom is -0.467 e. The zero-order chi connectivity index (χ0) is 13.9. The Morgan fingerprint density at radius 1 is 1.53 bits per heavy atom. The predicted molar refractivity (Wildman–Crippen MR) is 79.5 cm³/mol. The van der Waals surface area contributed by atoms with Crippen molar-refractivity contribution in [3.8, 4) is 0 Å². The van der Waals surface area contributed by atoms with Crippen molar-refractivity contribution in [2.24, 2.45) is 0 Å². The summed E-state index contributed by atoms with van der Waals surface area (Å²) in [7, 11) is 0. The van der Waals surface area contributed by atoms with Crippen LogP contribution in [0.2, 0.25) is 0 Å². The molecule has 19 heavy (non-hydrogen) atoms. The number of aliphatic hydroxyl groups excluding tert-OH is 1. The van der Waals surface area contributed by atoms with Crippen molar-refractivity contribution in [2.45, 2.75) is 39.0 Å². The van der Waals surface area contributed by atoms with Crippen molar-refractivity contribution in [1.29, 1.82) is 0 Å². The minimum atomic E-state index is -0.476. The molecule has 0 spiro atoms. The number of hydrogen-bond donors (Lipinski definition) is 2. The Bertz CT molecular complexity index is 306. The third kappa shape index (κ3) is 8.31. The van der Waals surface area contributed by atoms with Gasteiger partial charge >= 0.3 is 0 Å². The van der Waals surface area contributed by atoms with Crippen molar-refractivity contribution < 1.29 is 14.3 Å².